The van der Waals surface area contributed by atoms with E-state index in [4.69, 9.17) is 0 Å². The highest BCUT2D eigenvalue weighted by atomic mass is 16.2. The highest BCUT2D eigenvalue weighted by Gasteiger charge is 2.07. The maximum Gasteiger partial charge on any atom is 0.271 e. The van der Waals surface area contributed by atoms with Gasteiger partial charge in [0.2, 0.25) is 0 Å². The molecule has 4 rings (SSSR count). The molecule has 0 saturated heterocycles. The Morgan fingerprint density at radius 3 is 2.41 bits per heavy atom. The maximum absolute atomic E-state index is 12.3. The van der Waals surface area contributed by atoms with Gasteiger partial charge < -0.3 is 4.98 Å². The van der Waals surface area contributed by atoms with Crippen molar-refractivity contribution in [1.29, 1.82) is 0 Å². The van der Waals surface area contributed by atoms with Crippen molar-refractivity contribution in [2.45, 2.75) is 6.92 Å². The topological polar surface area (TPSA) is 70.1 Å². The minimum atomic E-state index is -0.258. The molecule has 0 saturated carbocycles. The molecule has 1 aromatic heterocycles. The molecule has 0 spiro atoms. The van der Waals surface area contributed by atoms with Gasteiger partial charge in [-0.3, -0.25) is 4.79 Å². The standard InChI is InChI=1S/C22H18N4O/c1-15(16-7-9-18(10-8-16)17-5-3-2-4-6-17)25-26-22(27)19-11-12-20-21(13-19)24-14-23-20/h2-14H,1H3,(H,23,24)(H,26,27). The Bertz CT molecular complexity index is 1110. The first-order valence-electron chi connectivity index (χ1n) is 8.64. The largest absolute Gasteiger partial charge is 0.345 e. The van der Waals surface area contributed by atoms with Crippen molar-refractivity contribution in [2.24, 2.45) is 5.10 Å². The monoisotopic (exact) mass is 354 g/mol. The number of H-pyrrole nitrogens is 1. The van der Waals surface area contributed by atoms with Crippen molar-refractivity contribution in [1.82, 2.24) is 15.4 Å². The number of carbonyl (C=O) groups excluding carboxylic acids is 1. The van der Waals surface area contributed by atoms with E-state index in [0.29, 0.717) is 5.56 Å². The van der Waals surface area contributed by atoms with Crippen LogP contribution >= 0.6 is 0 Å². The highest BCUT2D eigenvalue weighted by Crippen LogP contribution is 2.19. The lowest BCUT2D eigenvalue weighted by molar-refractivity contribution is 0.0955. The van der Waals surface area contributed by atoms with Crippen LogP contribution in [0.1, 0.15) is 22.8 Å². The molecule has 0 aliphatic heterocycles. The minimum Gasteiger partial charge on any atom is -0.345 e. The molecular formula is C22H18N4O. The highest BCUT2D eigenvalue weighted by molar-refractivity contribution is 6.01. The summed E-state index contributed by atoms with van der Waals surface area (Å²) in [6.45, 7) is 1.87. The summed E-state index contributed by atoms with van der Waals surface area (Å²) in [4.78, 5) is 19.5. The summed E-state index contributed by atoms with van der Waals surface area (Å²) in [5.41, 5.74) is 8.80. The molecule has 5 nitrogen and oxygen atoms in total. The molecule has 0 unspecified atom stereocenters. The lowest BCUT2D eigenvalue weighted by Crippen LogP contribution is -2.19. The number of rotatable bonds is 4. The molecule has 0 aliphatic carbocycles. The van der Waals surface area contributed by atoms with Crippen LogP contribution in [-0.4, -0.2) is 21.6 Å². The van der Waals surface area contributed by atoms with Gasteiger partial charge in [0.15, 0.2) is 0 Å². The predicted octanol–water partition coefficient (Wildman–Crippen LogP) is 4.38. The quantitative estimate of drug-likeness (QED) is 0.422. The molecule has 0 fully saturated rings. The summed E-state index contributed by atoms with van der Waals surface area (Å²) in [6, 6.07) is 23.6. The zero-order chi connectivity index (χ0) is 18.6. The third-order valence-corrected chi connectivity index (χ3v) is 4.42. The number of benzene rings is 3. The Kier molecular flexibility index (Phi) is 4.49. The lowest BCUT2D eigenvalue weighted by atomic mass is 10.0. The molecule has 0 radical (unpaired) electrons. The normalized spacial score (nSPS) is 11.5. The molecule has 0 bridgehead atoms. The second-order valence-electron chi connectivity index (χ2n) is 6.22. The van der Waals surface area contributed by atoms with Gasteiger partial charge in [-0.25, -0.2) is 10.4 Å². The Balaban J connectivity index is 1.47. The average molecular weight is 354 g/mol. The van der Waals surface area contributed by atoms with E-state index in [1.165, 1.54) is 5.56 Å². The summed E-state index contributed by atoms with van der Waals surface area (Å²) in [6.07, 6.45) is 1.60. The van der Waals surface area contributed by atoms with Crippen LogP contribution in [0.15, 0.2) is 84.2 Å². The molecule has 27 heavy (non-hydrogen) atoms. The summed E-state index contributed by atoms with van der Waals surface area (Å²) < 4.78 is 0. The summed E-state index contributed by atoms with van der Waals surface area (Å²) in [5, 5.41) is 4.23. The van der Waals surface area contributed by atoms with E-state index in [1.807, 2.05) is 37.3 Å². The molecule has 1 amide bonds. The fourth-order valence-electron chi connectivity index (χ4n) is 2.88. The van der Waals surface area contributed by atoms with Gasteiger partial charge in [-0.2, -0.15) is 5.10 Å². The zero-order valence-electron chi connectivity index (χ0n) is 14.8. The molecule has 0 aliphatic rings. The van der Waals surface area contributed by atoms with Crippen molar-refractivity contribution < 1.29 is 4.79 Å². The van der Waals surface area contributed by atoms with E-state index in [9.17, 15) is 4.79 Å². The van der Waals surface area contributed by atoms with E-state index in [0.717, 1.165) is 27.9 Å². The lowest BCUT2D eigenvalue weighted by Gasteiger charge is -2.05. The average Bonchev–Trinajstić information content (AvgIpc) is 3.20. The Hall–Kier alpha value is -3.73. The van der Waals surface area contributed by atoms with Crippen molar-refractivity contribution in [2.75, 3.05) is 0 Å². The van der Waals surface area contributed by atoms with Crippen LogP contribution in [0.25, 0.3) is 22.2 Å². The van der Waals surface area contributed by atoms with Gasteiger partial charge in [-0.1, -0.05) is 54.6 Å². The number of aromatic nitrogens is 2. The number of hydrazone groups is 1. The van der Waals surface area contributed by atoms with Gasteiger partial charge in [0.05, 0.1) is 23.1 Å². The Labute approximate surface area is 156 Å². The second kappa shape index (κ2) is 7.25. The van der Waals surface area contributed by atoms with Crippen LogP contribution in [0.2, 0.25) is 0 Å². The van der Waals surface area contributed by atoms with Crippen LogP contribution in [0.5, 0.6) is 0 Å². The summed E-state index contributed by atoms with van der Waals surface area (Å²) in [7, 11) is 0. The number of carbonyl (C=O) groups is 1. The van der Waals surface area contributed by atoms with Crippen LogP contribution in [0, 0.1) is 0 Å². The van der Waals surface area contributed by atoms with Crippen molar-refractivity contribution in [3.8, 4) is 11.1 Å². The van der Waals surface area contributed by atoms with E-state index in [-0.39, 0.29) is 5.91 Å². The number of nitrogens with one attached hydrogen (secondary N) is 2. The van der Waals surface area contributed by atoms with E-state index < -0.39 is 0 Å². The smallest absolute Gasteiger partial charge is 0.271 e. The van der Waals surface area contributed by atoms with Gasteiger partial charge in [0, 0.05) is 5.56 Å². The van der Waals surface area contributed by atoms with Crippen LogP contribution in [0.4, 0.5) is 0 Å². The summed E-state index contributed by atoms with van der Waals surface area (Å²) >= 11 is 0. The van der Waals surface area contributed by atoms with Gasteiger partial charge >= 0.3 is 0 Å². The first kappa shape index (κ1) is 16.7. The number of aromatic amines is 1. The van der Waals surface area contributed by atoms with Gasteiger partial charge in [0.25, 0.3) is 5.91 Å². The molecule has 3 aromatic carbocycles. The number of imidazole rings is 1. The molecule has 1 heterocycles. The van der Waals surface area contributed by atoms with Gasteiger partial charge in [0.1, 0.15) is 0 Å². The third-order valence-electron chi connectivity index (χ3n) is 4.42. The number of hydrogen-bond donors (Lipinski definition) is 2. The Morgan fingerprint density at radius 2 is 1.63 bits per heavy atom. The minimum absolute atomic E-state index is 0.258. The van der Waals surface area contributed by atoms with Crippen LogP contribution in [0.3, 0.4) is 0 Å². The predicted molar refractivity (Wildman–Crippen MR) is 108 cm³/mol. The van der Waals surface area contributed by atoms with Crippen LogP contribution in [-0.2, 0) is 0 Å². The SMILES string of the molecule is CC(=NNC(=O)c1ccc2nc[nH]c2c1)c1ccc(-c2ccccc2)cc1. The number of nitrogens with zero attached hydrogens (tertiary/aromatic N) is 2. The molecule has 4 aromatic rings. The number of amides is 1. The van der Waals surface area contributed by atoms with E-state index in [1.54, 1.807) is 24.5 Å². The Morgan fingerprint density at radius 1 is 0.926 bits per heavy atom. The number of hydrogen-bond acceptors (Lipinski definition) is 3. The van der Waals surface area contributed by atoms with Gasteiger partial charge in [-0.15, -0.1) is 0 Å². The number of fused-ring (bicyclic) bond motifs is 1. The molecule has 132 valence electrons. The van der Waals surface area contributed by atoms with Crippen molar-refractivity contribution >= 4 is 22.7 Å². The molecule has 5 heteroatoms. The fraction of sp³-hybridized carbons (Fsp3) is 0.0455. The van der Waals surface area contributed by atoms with Gasteiger partial charge in [-0.05, 0) is 41.8 Å². The van der Waals surface area contributed by atoms with Crippen molar-refractivity contribution in [3.05, 3.63) is 90.3 Å². The molecule has 2 N–H and O–H groups in total. The van der Waals surface area contributed by atoms with E-state index >= 15 is 0 Å². The zero-order valence-corrected chi connectivity index (χ0v) is 14.8. The molecular weight excluding hydrogens is 336 g/mol. The maximum atomic E-state index is 12.3. The first-order chi connectivity index (χ1) is 13.2. The summed E-state index contributed by atoms with van der Waals surface area (Å²) in [5.74, 6) is -0.258. The first-order valence-corrected chi connectivity index (χ1v) is 8.64. The second-order valence-corrected chi connectivity index (χ2v) is 6.22. The van der Waals surface area contributed by atoms with E-state index in [2.05, 4.69) is 44.8 Å². The third kappa shape index (κ3) is 3.62. The van der Waals surface area contributed by atoms with Crippen molar-refractivity contribution in [3.63, 3.8) is 0 Å². The van der Waals surface area contributed by atoms with Crippen LogP contribution < -0.4 is 5.43 Å². The fourth-order valence-corrected chi connectivity index (χ4v) is 2.88. The molecule has 0 atom stereocenters.